The van der Waals surface area contributed by atoms with Crippen molar-refractivity contribution in [1.82, 2.24) is 4.90 Å². The lowest BCUT2D eigenvalue weighted by molar-refractivity contribution is 0.0425. The van der Waals surface area contributed by atoms with Crippen LogP contribution in [0.2, 0.25) is 0 Å². The Kier molecular flexibility index (Phi) is 8.83. The van der Waals surface area contributed by atoms with Crippen LogP contribution in [-0.4, -0.2) is 43.3 Å². The molecule has 2 N–H and O–H groups in total. The maximum atomic E-state index is 5.92. The molecule has 0 amide bonds. The highest BCUT2D eigenvalue weighted by Gasteiger charge is 2.27. The summed E-state index contributed by atoms with van der Waals surface area (Å²) >= 11 is 0. The molecule has 0 aromatic carbocycles. The monoisotopic (exact) mass is 244 g/mol. The number of rotatable bonds is 10. The summed E-state index contributed by atoms with van der Waals surface area (Å²) in [5.41, 5.74) is 6.04. The molecule has 1 unspecified atom stereocenters. The van der Waals surface area contributed by atoms with Crippen LogP contribution < -0.4 is 5.73 Å². The number of nitrogens with two attached hydrogens (primary N) is 1. The van der Waals surface area contributed by atoms with Crippen LogP contribution in [0.25, 0.3) is 0 Å². The lowest BCUT2D eigenvalue weighted by Crippen LogP contribution is -2.52. The van der Waals surface area contributed by atoms with Gasteiger partial charge in [0.25, 0.3) is 0 Å². The molecule has 104 valence electrons. The average molecular weight is 244 g/mol. The van der Waals surface area contributed by atoms with E-state index in [0.29, 0.717) is 12.5 Å². The summed E-state index contributed by atoms with van der Waals surface area (Å²) in [6.45, 7) is 15.5. The van der Waals surface area contributed by atoms with Gasteiger partial charge in [-0.1, -0.05) is 27.7 Å². The minimum atomic E-state index is 0.122. The number of hydrogen-bond donors (Lipinski definition) is 1. The average Bonchev–Trinajstić information content (AvgIpc) is 2.31. The Balaban J connectivity index is 4.14. The normalized spacial score (nSPS) is 15.5. The van der Waals surface area contributed by atoms with Crippen LogP contribution >= 0.6 is 0 Å². The second-order valence-corrected chi connectivity index (χ2v) is 5.51. The Morgan fingerprint density at radius 1 is 1.24 bits per heavy atom. The van der Waals surface area contributed by atoms with E-state index in [2.05, 4.69) is 39.5 Å². The maximum Gasteiger partial charge on any atom is 0.0593 e. The number of nitrogens with zero attached hydrogens (tertiary/aromatic N) is 1. The Hall–Kier alpha value is -0.120. The summed E-state index contributed by atoms with van der Waals surface area (Å²) in [5, 5.41) is 0. The third-order valence-electron chi connectivity index (χ3n) is 3.42. The molecule has 0 aliphatic carbocycles. The molecule has 0 spiro atoms. The van der Waals surface area contributed by atoms with E-state index < -0.39 is 0 Å². The molecule has 0 radical (unpaired) electrons. The Labute approximate surface area is 108 Å². The molecule has 0 saturated carbocycles. The van der Waals surface area contributed by atoms with Crippen molar-refractivity contribution in [3.8, 4) is 0 Å². The highest BCUT2D eigenvalue weighted by Crippen LogP contribution is 2.18. The summed E-state index contributed by atoms with van der Waals surface area (Å²) in [7, 11) is 0. The predicted molar refractivity (Wildman–Crippen MR) is 75.3 cm³/mol. The first-order chi connectivity index (χ1) is 8.00. The lowest BCUT2D eigenvalue weighted by Gasteiger charge is -2.40. The zero-order valence-electron chi connectivity index (χ0n) is 12.5. The van der Waals surface area contributed by atoms with Gasteiger partial charge in [0.05, 0.1) is 6.61 Å². The van der Waals surface area contributed by atoms with Crippen LogP contribution in [-0.2, 0) is 4.74 Å². The van der Waals surface area contributed by atoms with Crippen molar-refractivity contribution in [3.05, 3.63) is 0 Å². The summed E-state index contributed by atoms with van der Waals surface area (Å²) in [6, 6.07) is 0. The fourth-order valence-electron chi connectivity index (χ4n) is 1.91. The van der Waals surface area contributed by atoms with Crippen molar-refractivity contribution in [2.75, 3.05) is 32.8 Å². The van der Waals surface area contributed by atoms with E-state index in [9.17, 15) is 0 Å². The predicted octanol–water partition coefficient (Wildman–Crippen LogP) is 2.50. The van der Waals surface area contributed by atoms with Crippen LogP contribution in [0.15, 0.2) is 0 Å². The molecule has 0 aromatic heterocycles. The number of hydrogen-bond acceptors (Lipinski definition) is 3. The summed E-state index contributed by atoms with van der Waals surface area (Å²) in [6.07, 6.45) is 2.26. The van der Waals surface area contributed by atoms with E-state index >= 15 is 0 Å². The van der Waals surface area contributed by atoms with Gasteiger partial charge in [0.2, 0.25) is 0 Å². The molecule has 0 fully saturated rings. The van der Waals surface area contributed by atoms with E-state index in [1.165, 1.54) is 6.42 Å². The van der Waals surface area contributed by atoms with E-state index in [1.54, 1.807) is 0 Å². The van der Waals surface area contributed by atoms with Gasteiger partial charge in [-0.25, -0.2) is 0 Å². The molecule has 1 atom stereocenters. The molecule has 0 aliphatic heterocycles. The van der Waals surface area contributed by atoms with E-state index in [0.717, 1.165) is 32.7 Å². The van der Waals surface area contributed by atoms with Crippen molar-refractivity contribution < 1.29 is 4.74 Å². The van der Waals surface area contributed by atoms with Crippen LogP contribution in [0.1, 0.15) is 47.5 Å². The molecule has 0 heterocycles. The first-order valence-electron chi connectivity index (χ1n) is 7.03. The van der Waals surface area contributed by atoms with Gasteiger partial charge in [0.15, 0.2) is 0 Å². The van der Waals surface area contributed by atoms with Crippen LogP contribution in [0, 0.1) is 5.92 Å². The summed E-state index contributed by atoms with van der Waals surface area (Å²) < 4.78 is 5.67. The molecule has 0 rings (SSSR count). The fourth-order valence-corrected chi connectivity index (χ4v) is 1.91. The highest BCUT2D eigenvalue weighted by atomic mass is 16.5. The van der Waals surface area contributed by atoms with E-state index in [-0.39, 0.29) is 5.54 Å². The molecule has 0 saturated heterocycles. The Morgan fingerprint density at radius 3 is 2.29 bits per heavy atom. The third kappa shape index (κ3) is 6.39. The second kappa shape index (κ2) is 8.90. The Bertz CT molecular complexity index is 179. The van der Waals surface area contributed by atoms with Crippen molar-refractivity contribution in [3.63, 3.8) is 0 Å². The van der Waals surface area contributed by atoms with Gasteiger partial charge in [0.1, 0.15) is 0 Å². The first kappa shape index (κ1) is 16.9. The second-order valence-electron chi connectivity index (χ2n) is 5.51. The molecule has 0 bridgehead atoms. The van der Waals surface area contributed by atoms with Gasteiger partial charge in [-0.15, -0.1) is 0 Å². The third-order valence-corrected chi connectivity index (χ3v) is 3.42. The van der Waals surface area contributed by atoms with Crippen LogP contribution in [0.4, 0.5) is 0 Å². The van der Waals surface area contributed by atoms with Crippen LogP contribution in [0.5, 0.6) is 0 Å². The minimum absolute atomic E-state index is 0.122. The summed E-state index contributed by atoms with van der Waals surface area (Å²) in [4.78, 5) is 2.48. The van der Waals surface area contributed by atoms with Crippen molar-refractivity contribution >= 4 is 0 Å². The van der Waals surface area contributed by atoms with Gasteiger partial charge in [-0.05, 0) is 32.2 Å². The minimum Gasteiger partial charge on any atom is -0.380 e. The van der Waals surface area contributed by atoms with Gasteiger partial charge in [-0.3, -0.25) is 4.90 Å². The SMILES string of the molecule is CCCN(CCOCC(C)C)C(C)(CC)CN. The molecule has 17 heavy (non-hydrogen) atoms. The molecule has 0 aliphatic rings. The molecule has 3 nitrogen and oxygen atoms in total. The van der Waals surface area contributed by atoms with Crippen molar-refractivity contribution in [2.24, 2.45) is 11.7 Å². The largest absolute Gasteiger partial charge is 0.380 e. The fraction of sp³-hybridized carbons (Fsp3) is 1.00. The molecular weight excluding hydrogens is 212 g/mol. The lowest BCUT2D eigenvalue weighted by atomic mass is 9.96. The highest BCUT2D eigenvalue weighted by molar-refractivity contribution is 4.85. The van der Waals surface area contributed by atoms with Crippen molar-refractivity contribution in [2.45, 2.75) is 53.0 Å². The zero-order chi connectivity index (χ0) is 13.3. The van der Waals surface area contributed by atoms with E-state index in [4.69, 9.17) is 10.5 Å². The van der Waals surface area contributed by atoms with Crippen molar-refractivity contribution in [1.29, 1.82) is 0 Å². The molecular formula is C14H32N2O. The smallest absolute Gasteiger partial charge is 0.0593 e. The van der Waals surface area contributed by atoms with Gasteiger partial charge in [0, 0.05) is 25.2 Å². The first-order valence-corrected chi connectivity index (χ1v) is 7.03. The van der Waals surface area contributed by atoms with Gasteiger partial charge >= 0.3 is 0 Å². The summed E-state index contributed by atoms with van der Waals surface area (Å²) in [5.74, 6) is 0.613. The van der Waals surface area contributed by atoms with Crippen LogP contribution in [0.3, 0.4) is 0 Å². The number of ether oxygens (including phenoxy) is 1. The van der Waals surface area contributed by atoms with E-state index in [1.807, 2.05) is 0 Å². The maximum absolute atomic E-state index is 5.92. The van der Waals surface area contributed by atoms with Gasteiger partial charge < -0.3 is 10.5 Å². The van der Waals surface area contributed by atoms with Gasteiger partial charge in [-0.2, -0.15) is 0 Å². The zero-order valence-corrected chi connectivity index (χ0v) is 12.5. The standard InChI is InChI=1S/C14H32N2O/c1-6-8-16(14(5,7-2)12-15)9-10-17-11-13(3)4/h13H,6-12,15H2,1-5H3. The Morgan fingerprint density at radius 2 is 1.88 bits per heavy atom. The molecule has 0 aromatic rings. The topological polar surface area (TPSA) is 38.5 Å². The molecule has 3 heteroatoms. The quantitative estimate of drug-likeness (QED) is 0.600.